The summed E-state index contributed by atoms with van der Waals surface area (Å²) in [7, 11) is 0. The molecule has 1 heterocycles. The minimum Gasteiger partial charge on any atom is -0.381 e. The van der Waals surface area contributed by atoms with Crippen molar-refractivity contribution >= 4 is 11.6 Å². The molecule has 1 N–H and O–H groups in total. The summed E-state index contributed by atoms with van der Waals surface area (Å²) in [5, 5.41) is 4.33. The van der Waals surface area contributed by atoms with Crippen molar-refractivity contribution in [2.45, 2.75) is 31.4 Å². The lowest BCUT2D eigenvalue weighted by Crippen LogP contribution is -2.26. The van der Waals surface area contributed by atoms with Gasteiger partial charge < -0.3 is 14.8 Å². The SMILES string of the molecule is Clc1ccc(C(CNC2CC2)OCC2CCOC2)cc1. The lowest BCUT2D eigenvalue weighted by Gasteiger charge is -2.21. The summed E-state index contributed by atoms with van der Waals surface area (Å²) in [6.45, 7) is 3.36. The molecule has 3 nitrogen and oxygen atoms in total. The van der Waals surface area contributed by atoms with Crippen molar-refractivity contribution in [3.8, 4) is 0 Å². The summed E-state index contributed by atoms with van der Waals surface area (Å²) in [5.41, 5.74) is 1.20. The molecule has 0 bridgehead atoms. The molecular formula is C16H22ClNO2. The van der Waals surface area contributed by atoms with E-state index in [2.05, 4.69) is 17.4 Å². The van der Waals surface area contributed by atoms with Crippen LogP contribution in [0.3, 0.4) is 0 Å². The van der Waals surface area contributed by atoms with Gasteiger partial charge >= 0.3 is 0 Å². The normalized spacial score (nSPS) is 23.9. The fourth-order valence-corrected chi connectivity index (χ4v) is 2.60. The van der Waals surface area contributed by atoms with Crippen LogP contribution < -0.4 is 5.32 Å². The fourth-order valence-electron chi connectivity index (χ4n) is 2.48. The first-order valence-electron chi connectivity index (χ1n) is 7.49. The van der Waals surface area contributed by atoms with Crippen LogP contribution in [0.1, 0.15) is 30.9 Å². The zero-order chi connectivity index (χ0) is 13.8. The molecule has 0 aromatic heterocycles. The number of hydrogen-bond donors (Lipinski definition) is 1. The average Bonchev–Trinajstić information content (AvgIpc) is 3.14. The maximum Gasteiger partial charge on any atom is 0.0949 e. The third-order valence-corrected chi connectivity index (χ3v) is 4.22. The quantitative estimate of drug-likeness (QED) is 0.838. The van der Waals surface area contributed by atoms with Crippen LogP contribution in [0.25, 0.3) is 0 Å². The van der Waals surface area contributed by atoms with E-state index < -0.39 is 0 Å². The highest BCUT2D eigenvalue weighted by molar-refractivity contribution is 6.30. The Morgan fingerprint density at radius 1 is 1.25 bits per heavy atom. The first-order valence-corrected chi connectivity index (χ1v) is 7.87. The highest BCUT2D eigenvalue weighted by Crippen LogP contribution is 2.24. The summed E-state index contributed by atoms with van der Waals surface area (Å²) in [6.07, 6.45) is 3.81. The third-order valence-electron chi connectivity index (χ3n) is 3.97. The maximum atomic E-state index is 6.14. The Morgan fingerprint density at radius 3 is 2.70 bits per heavy atom. The Kier molecular flexibility index (Phi) is 4.94. The van der Waals surface area contributed by atoms with Crippen LogP contribution in [0.5, 0.6) is 0 Å². The van der Waals surface area contributed by atoms with E-state index in [0.29, 0.717) is 12.0 Å². The lowest BCUT2D eigenvalue weighted by molar-refractivity contribution is 0.0252. The number of ether oxygens (including phenoxy) is 2. The molecule has 1 aromatic carbocycles. The van der Waals surface area contributed by atoms with E-state index in [1.54, 1.807) is 0 Å². The molecular weight excluding hydrogens is 274 g/mol. The van der Waals surface area contributed by atoms with E-state index in [4.69, 9.17) is 21.1 Å². The minimum absolute atomic E-state index is 0.105. The maximum absolute atomic E-state index is 6.14. The molecule has 2 fully saturated rings. The summed E-state index contributed by atoms with van der Waals surface area (Å²) in [5.74, 6) is 0.547. The molecule has 20 heavy (non-hydrogen) atoms. The van der Waals surface area contributed by atoms with Gasteiger partial charge in [0.2, 0.25) is 0 Å². The van der Waals surface area contributed by atoms with E-state index in [1.165, 1.54) is 18.4 Å². The molecule has 1 saturated carbocycles. The summed E-state index contributed by atoms with van der Waals surface area (Å²) < 4.78 is 11.6. The second-order valence-electron chi connectivity index (χ2n) is 5.79. The van der Waals surface area contributed by atoms with Gasteiger partial charge in [-0.3, -0.25) is 0 Å². The Morgan fingerprint density at radius 2 is 2.05 bits per heavy atom. The molecule has 2 atom stereocenters. The van der Waals surface area contributed by atoms with Crippen LogP contribution in [0.2, 0.25) is 5.02 Å². The van der Waals surface area contributed by atoms with Crippen molar-refractivity contribution in [2.75, 3.05) is 26.4 Å². The molecule has 4 heteroatoms. The van der Waals surface area contributed by atoms with Crippen LogP contribution in [-0.4, -0.2) is 32.4 Å². The predicted molar refractivity (Wildman–Crippen MR) is 80.1 cm³/mol. The largest absolute Gasteiger partial charge is 0.381 e. The second-order valence-corrected chi connectivity index (χ2v) is 6.22. The minimum atomic E-state index is 0.105. The van der Waals surface area contributed by atoms with Gasteiger partial charge in [-0.05, 0) is 37.0 Å². The molecule has 3 rings (SSSR count). The van der Waals surface area contributed by atoms with Crippen molar-refractivity contribution < 1.29 is 9.47 Å². The predicted octanol–water partition coefficient (Wildman–Crippen LogP) is 3.19. The van der Waals surface area contributed by atoms with Crippen molar-refractivity contribution in [3.63, 3.8) is 0 Å². The number of nitrogens with one attached hydrogen (secondary N) is 1. The molecule has 0 amide bonds. The van der Waals surface area contributed by atoms with Gasteiger partial charge in [0.1, 0.15) is 0 Å². The highest BCUT2D eigenvalue weighted by atomic mass is 35.5. The zero-order valence-electron chi connectivity index (χ0n) is 11.7. The van der Waals surface area contributed by atoms with Gasteiger partial charge in [-0.2, -0.15) is 0 Å². The highest BCUT2D eigenvalue weighted by Gasteiger charge is 2.24. The van der Waals surface area contributed by atoms with Crippen molar-refractivity contribution in [1.29, 1.82) is 0 Å². The molecule has 0 spiro atoms. The third kappa shape index (κ3) is 4.19. The molecule has 1 aromatic rings. The number of benzene rings is 1. The van der Waals surface area contributed by atoms with Gasteiger partial charge in [0.15, 0.2) is 0 Å². The number of hydrogen-bond acceptors (Lipinski definition) is 3. The molecule has 2 aliphatic rings. The summed E-state index contributed by atoms with van der Waals surface area (Å²) in [6, 6.07) is 8.69. The zero-order valence-corrected chi connectivity index (χ0v) is 12.4. The van der Waals surface area contributed by atoms with E-state index in [0.717, 1.165) is 37.8 Å². The summed E-state index contributed by atoms with van der Waals surface area (Å²) >= 11 is 5.96. The first kappa shape index (κ1) is 14.3. The van der Waals surface area contributed by atoms with Crippen LogP contribution in [0.15, 0.2) is 24.3 Å². The first-order chi connectivity index (χ1) is 9.81. The lowest BCUT2D eigenvalue weighted by atomic mass is 10.1. The van der Waals surface area contributed by atoms with E-state index in [9.17, 15) is 0 Å². The van der Waals surface area contributed by atoms with Gasteiger partial charge in [0.05, 0.1) is 19.3 Å². The monoisotopic (exact) mass is 295 g/mol. The standard InChI is InChI=1S/C16H22ClNO2/c17-14-3-1-13(2-4-14)16(9-18-15-5-6-15)20-11-12-7-8-19-10-12/h1-4,12,15-16,18H,5-11H2. The van der Waals surface area contributed by atoms with Crippen molar-refractivity contribution in [1.82, 2.24) is 5.32 Å². The van der Waals surface area contributed by atoms with Crippen LogP contribution in [0.4, 0.5) is 0 Å². The molecule has 2 unspecified atom stereocenters. The smallest absolute Gasteiger partial charge is 0.0949 e. The molecule has 0 radical (unpaired) electrons. The molecule has 110 valence electrons. The Labute approximate surface area is 125 Å². The molecule has 1 aliphatic heterocycles. The Hall–Kier alpha value is -0.610. The number of rotatable bonds is 7. The van der Waals surface area contributed by atoms with Gasteiger partial charge in [-0.1, -0.05) is 23.7 Å². The Balaban J connectivity index is 1.57. The summed E-state index contributed by atoms with van der Waals surface area (Å²) in [4.78, 5) is 0. The van der Waals surface area contributed by atoms with Gasteiger partial charge in [0, 0.05) is 30.1 Å². The van der Waals surface area contributed by atoms with Crippen LogP contribution in [0, 0.1) is 5.92 Å². The van der Waals surface area contributed by atoms with Crippen molar-refractivity contribution in [2.24, 2.45) is 5.92 Å². The molecule has 1 aliphatic carbocycles. The second kappa shape index (κ2) is 6.90. The Bertz CT molecular complexity index is 413. The fraction of sp³-hybridized carbons (Fsp3) is 0.625. The average molecular weight is 296 g/mol. The van der Waals surface area contributed by atoms with E-state index >= 15 is 0 Å². The molecule has 1 saturated heterocycles. The van der Waals surface area contributed by atoms with Gasteiger partial charge in [0.25, 0.3) is 0 Å². The number of halogens is 1. The van der Waals surface area contributed by atoms with E-state index in [1.807, 2.05) is 12.1 Å². The topological polar surface area (TPSA) is 30.5 Å². The van der Waals surface area contributed by atoms with Crippen LogP contribution >= 0.6 is 11.6 Å². The van der Waals surface area contributed by atoms with E-state index in [-0.39, 0.29) is 6.10 Å². The van der Waals surface area contributed by atoms with Gasteiger partial charge in [-0.25, -0.2) is 0 Å². The van der Waals surface area contributed by atoms with Crippen molar-refractivity contribution in [3.05, 3.63) is 34.9 Å². The van der Waals surface area contributed by atoms with Crippen LogP contribution in [-0.2, 0) is 9.47 Å². The van der Waals surface area contributed by atoms with Gasteiger partial charge in [-0.15, -0.1) is 0 Å².